The third kappa shape index (κ3) is 4.45. The summed E-state index contributed by atoms with van der Waals surface area (Å²) in [4.78, 5) is 0.307. The highest BCUT2D eigenvalue weighted by molar-refractivity contribution is 7.98. The Morgan fingerprint density at radius 2 is 2.14 bits per heavy atom. The highest BCUT2D eigenvalue weighted by Gasteiger charge is 2.30. The number of aromatic nitrogens is 2. The van der Waals surface area contributed by atoms with E-state index in [4.69, 9.17) is 0 Å². The zero-order valence-corrected chi connectivity index (χ0v) is 15.1. The maximum absolute atomic E-state index is 12.8. The summed E-state index contributed by atoms with van der Waals surface area (Å²) >= 11 is 1.63. The Balaban J connectivity index is 3.04. The average molecular weight is 335 g/mol. The van der Waals surface area contributed by atoms with Crippen molar-refractivity contribution in [1.82, 2.24) is 19.8 Å². The van der Waals surface area contributed by atoms with Crippen molar-refractivity contribution < 1.29 is 8.42 Å². The van der Waals surface area contributed by atoms with Gasteiger partial charge in [-0.3, -0.25) is 5.10 Å². The number of hydrogen-bond donors (Lipinski definition) is 2. The lowest BCUT2D eigenvalue weighted by Crippen LogP contribution is -2.37. The van der Waals surface area contributed by atoms with Crippen molar-refractivity contribution in [3.8, 4) is 0 Å². The summed E-state index contributed by atoms with van der Waals surface area (Å²) in [7, 11) is -1.90. The van der Waals surface area contributed by atoms with Crippen LogP contribution in [0, 0.1) is 6.92 Å². The molecule has 8 heteroatoms. The Labute approximate surface area is 132 Å². The molecule has 1 aromatic heterocycles. The fraction of sp³-hybridized carbons (Fsp3) is 0.769. The molecule has 0 radical (unpaired) electrons. The van der Waals surface area contributed by atoms with Gasteiger partial charge in [0.1, 0.15) is 4.90 Å². The molecule has 0 spiro atoms. The van der Waals surface area contributed by atoms with E-state index in [0.29, 0.717) is 22.8 Å². The van der Waals surface area contributed by atoms with Crippen molar-refractivity contribution in [1.29, 1.82) is 0 Å². The largest absolute Gasteiger partial charge is 0.311 e. The molecule has 1 atom stereocenters. The SMILES string of the molecule is CCCNCc1n[nH]c(C)c1S(=O)(=O)N(C)C(C)CSC. The standard InChI is InChI=1S/C13H26N4O2S2/c1-6-7-14-8-12-13(11(3)15-16-12)21(18,19)17(4)10(2)9-20-5/h10,14H,6-9H2,1-5H3,(H,15,16). The molecule has 0 aliphatic heterocycles. The summed E-state index contributed by atoms with van der Waals surface area (Å²) in [6, 6.07) is -0.0595. The third-order valence-electron chi connectivity index (χ3n) is 3.35. The van der Waals surface area contributed by atoms with Crippen LogP contribution in [0.2, 0.25) is 0 Å². The minimum Gasteiger partial charge on any atom is -0.311 e. The van der Waals surface area contributed by atoms with E-state index in [2.05, 4.69) is 22.4 Å². The second-order valence-corrected chi connectivity index (χ2v) is 7.97. The quantitative estimate of drug-likeness (QED) is 0.671. The summed E-state index contributed by atoms with van der Waals surface area (Å²) in [5.74, 6) is 0.760. The first-order chi connectivity index (χ1) is 9.86. The smallest absolute Gasteiger partial charge is 0.246 e. The van der Waals surface area contributed by atoms with E-state index in [1.54, 1.807) is 25.7 Å². The third-order valence-corrected chi connectivity index (χ3v) is 6.34. The Hall–Kier alpha value is -0.570. The molecule has 122 valence electrons. The van der Waals surface area contributed by atoms with E-state index in [1.165, 1.54) is 4.31 Å². The molecule has 0 saturated heterocycles. The zero-order valence-electron chi connectivity index (χ0n) is 13.4. The summed E-state index contributed by atoms with van der Waals surface area (Å²) in [6.45, 7) is 7.02. The Kier molecular flexibility index (Phi) is 7.19. The second-order valence-electron chi connectivity index (χ2n) is 5.13. The lowest BCUT2D eigenvalue weighted by atomic mass is 10.3. The van der Waals surface area contributed by atoms with Gasteiger partial charge in [0.2, 0.25) is 10.0 Å². The van der Waals surface area contributed by atoms with Gasteiger partial charge in [-0.1, -0.05) is 6.92 Å². The zero-order chi connectivity index (χ0) is 16.0. The number of rotatable bonds is 9. The fourth-order valence-corrected chi connectivity index (χ4v) is 4.53. The van der Waals surface area contributed by atoms with Crippen molar-refractivity contribution in [3.05, 3.63) is 11.4 Å². The minimum atomic E-state index is -3.53. The van der Waals surface area contributed by atoms with Crippen LogP contribution in [0.4, 0.5) is 0 Å². The molecular weight excluding hydrogens is 308 g/mol. The lowest BCUT2D eigenvalue weighted by molar-refractivity contribution is 0.414. The van der Waals surface area contributed by atoms with Gasteiger partial charge >= 0.3 is 0 Å². The van der Waals surface area contributed by atoms with Crippen molar-refractivity contribution >= 4 is 21.8 Å². The van der Waals surface area contributed by atoms with Crippen LogP contribution in [0.25, 0.3) is 0 Å². The predicted octanol–water partition coefficient (Wildman–Crippen LogP) is 1.59. The van der Waals surface area contributed by atoms with E-state index in [9.17, 15) is 8.42 Å². The van der Waals surface area contributed by atoms with Gasteiger partial charge in [0, 0.05) is 25.4 Å². The van der Waals surface area contributed by atoms with Gasteiger partial charge < -0.3 is 5.32 Å². The first-order valence-corrected chi connectivity index (χ1v) is 9.91. The molecular formula is C13H26N4O2S2. The van der Waals surface area contributed by atoms with E-state index in [-0.39, 0.29) is 6.04 Å². The number of thioether (sulfide) groups is 1. The van der Waals surface area contributed by atoms with Gasteiger partial charge in [0.15, 0.2) is 0 Å². The predicted molar refractivity (Wildman–Crippen MR) is 88.1 cm³/mol. The van der Waals surface area contributed by atoms with Crippen LogP contribution in [0.15, 0.2) is 4.90 Å². The first-order valence-electron chi connectivity index (χ1n) is 7.07. The highest BCUT2D eigenvalue weighted by Crippen LogP contribution is 2.23. The van der Waals surface area contributed by atoms with Crippen molar-refractivity contribution in [3.63, 3.8) is 0 Å². The molecule has 2 N–H and O–H groups in total. The number of aromatic amines is 1. The molecule has 1 rings (SSSR count). The van der Waals surface area contributed by atoms with Crippen LogP contribution in [-0.4, -0.2) is 54.6 Å². The topological polar surface area (TPSA) is 78.1 Å². The number of H-pyrrole nitrogens is 1. The molecule has 6 nitrogen and oxygen atoms in total. The van der Waals surface area contributed by atoms with Crippen LogP contribution >= 0.6 is 11.8 Å². The maximum Gasteiger partial charge on any atom is 0.246 e. The summed E-state index contributed by atoms with van der Waals surface area (Å²) in [6.07, 6.45) is 2.97. The number of aryl methyl sites for hydroxylation is 1. The average Bonchev–Trinajstić information content (AvgIpc) is 2.80. The van der Waals surface area contributed by atoms with Crippen LogP contribution < -0.4 is 5.32 Å². The van der Waals surface area contributed by atoms with E-state index >= 15 is 0 Å². The Bertz CT molecular complexity index is 542. The molecule has 0 fully saturated rings. The Morgan fingerprint density at radius 1 is 1.48 bits per heavy atom. The molecule has 0 saturated carbocycles. The van der Waals surface area contributed by atoms with E-state index in [1.807, 2.05) is 13.2 Å². The first kappa shape index (κ1) is 18.5. The molecule has 1 unspecified atom stereocenters. The minimum absolute atomic E-state index is 0.0595. The van der Waals surface area contributed by atoms with Gasteiger partial charge in [0.05, 0.1) is 11.4 Å². The summed E-state index contributed by atoms with van der Waals surface area (Å²) in [5.41, 5.74) is 1.15. The van der Waals surface area contributed by atoms with Crippen molar-refractivity contribution in [2.45, 2.75) is 44.7 Å². The molecule has 1 aromatic rings. The van der Waals surface area contributed by atoms with Gasteiger partial charge in [-0.2, -0.15) is 21.2 Å². The molecule has 1 heterocycles. The van der Waals surface area contributed by atoms with E-state index in [0.717, 1.165) is 18.7 Å². The number of nitrogens with zero attached hydrogens (tertiary/aromatic N) is 2. The monoisotopic (exact) mass is 334 g/mol. The summed E-state index contributed by atoms with van der Waals surface area (Å²) in [5, 5.41) is 10.1. The van der Waals surface area contributed by atoms with Crippen molar-refractivity contribution in [2.75, 3.05) is 25.6 Å². The van der Waals surface area contributed by atoms with Crippen molar-refractivity contribution in [2.24, 2.45) is 0 Å². The highest BCUT2D eigenvalue weighted by atomic mass is 32.2. The number of sulfonamides is 1. The van der Waals surface area contributed by atoms with Crippen LogP contribution in [0.3, 0.4) is 0 Å². The van der Waals surface area contributed by atoms with Crippen LogP contribution in [0.5, 0.6) is 0 Å². The molecule has 21 heavy (non-hydrogen) atoms. The molecule has 0 amide bonds. The fourth-order valence-electron chi connectivity index (χ4n) is 2.04. The van der Waals surface area contributed by atoms with Gasteiger partial charge in [-0.25, -0.2) is 8.42 Å². The number of hydrogen-bond acceptors (Lipinski definition) is 5. The molecule has 0 aliphatic carbocycles. The second kappa shape index (κ2) is 8.17. The van der Waals surface area contributed by atoms with Crippen LogP contribution in [-0.2, 0) is 16.6 Å². The van der Waals surface area contributed by atoms with Gasteiger partial charge in [-0.15, -0.1) is 0 Å². The summed E-state index contributed by atoms with van der Waals surface area (Å²) < 4.78 is 27.1. The normalized spacial score (nSPS) is 13.8. The Morgan fingerprint density at radius 3 is 2.71 bits per heavy atom. The maximum atomic E-state index is 12.8. The number of nitrogens with one attached hydrogen (secondary N) is 2. The molecule has 0 aliphatic rings. The van der Waals surface area contributed by atoms with Gasteiger partial charge in [-0.05, 0) is 33.1 Å². The van der Waals surface area contributed by atoms with E-state index < -0.39 is 10.0 Å². The van der Waals surface area contributed by atoms with Crippen LogP contribution in [0.1, 0.15) is 31.7 Å². The lowest BCUT2D eigenvalue weighted by Gasteiger charge is -2.24. The molecule has 0 bridgehead atoms. The van der Waals surface area contributed by atoms with Gasteiger partial charge in [0.25, 0.3) is 0 Å². The molecule has 0 aromatic carbocycles.